The predicted molar refractivity (Wildman–Crippen MR) is 103 cm³/mol. The first-order valence-electron chi connectivity index (χ1n) is 9.27. The normalized spacial score (nSPS) is 18.7. The van der Waals surface area contributed by atoms with Gasteiger partial charge in [0.25, 0.3) is 11.6 Å². The maximum Gasteiger partial charge on any atom is 0.270 e. The average Bonchev–Trinajstić information content (AvgIpc) is 2.74. The molecule has 2 aromatic carbocycles. The van der Waals surface area contributed by atoms with Crippen LogP contribution in [0.5, 0.6) is 5.75 Å². The third-order valence-corrected chi connectivity index (χ3v) is 5.05. The number of rotatable bonds is 4. The average molecular weight is 383 g/mol. The maximum atomic E-state index is 13.1. The van der Waals surface area contributed by atoms with E-state index in [0.717, 1.165) is 11.3 Å². The summed E-state index contributed by atoms with van der Waals surface area (Å²) in [5.41, 5.74) is 1.81. The summed E-state index contributed by atoms with van der Waals surface area (Å²) in [7, 11) is 0. The molecule has 2 aliphatic heterocycles. The number of anilines is 1. The molecule has 1 amide bonds. The Morgan fingerprint density at radius 2 is 1.93 bits per heavy atom. The van der Waals surface area contributed by atoms with Gasteiger partial charge < -0.3 is 19.7 Å². The number of nitrogens with one attached hydrogen (secondary N) is 1. The number of non-ortho nitro benzene ring substituents is 1. The lowest BCUT2D eigenvalue weighted by atomic mass is 9.99. The van der Waals surface area contributed by atoms with E-state index in [2.05, 4.69) is 5.32 Å². The largest absolute Gasteiger partial charge is 0.493 e. The number of amides is 1. The van der Waals surface area contributed by atoms with Crippen LogP contribution in [-0.2, 0) is 4.74 Å². The van der Waals surface area contributed by atoms with Crippen LogP contribution in [0.15, 0.2) is 42.5 Å². The molecule has 1 atom stereocenters. The van der Waals surface area contributed by atoms with E-state index in [1.54, 1.807) is 6.07 Å². The van der Waals surface area contributed by atoms with Crippen molar-refractivity contribution in [2.24, 2.45) is 0 Å². The Balaban J connectivity index is 1.64. The number of morpholine rings is 1. The van der Waals surface area contributed by atoms with E-state index in [1.807, 2.05) is 29.2 Å². The van der Waals surface area contributed by atoms with Gasteiger partial charge in [-0.15, -0.1) is 0 Å². The number of nitro groups is 1. The summed E-state index contributed by atoms with van der Waals surface area (Å²) in [5, 5.41) is 14.3. The Labute approximate surface area is 162 Å². The fourth-order valence-electron chi connectivity index (χ4n) is 3.63. The Morgan fingerprint density at radius 1 is 1.14 bits per heavy atom. The summed E-state index contributed by atoms with van der Waals surface area (Å²) in [6.07, 6.45) is 0.643. The smallest absolute Gasteiger partial charge is 0.270 e. The molecule has 2 aromatic rings. The van der Waals surface area contributed by atoms with E-state index < -0.39 is 4.92 Å². The molecule has 1 fully saturated rings. The molecule has 2 aliphatic rings. The summed E-state index contributed by atoms with van der Waals surface area (Å²) in [4.78, 5) is 25.9. The van der Waals surface area contributed by atoms with Crippen LogP contribution in [0.25, 0.3) is 0 Å². The number of ether oxygens (including phenoxy) is 2. The van der Waals surface area contributed by atoms with E-state index >= 15 is 0 Å². The zero-order chi connectivity index (χ0) is 19.5. The zero-order valence-corrected chi connectivity index (χ0v) is 15.3. The minimum Gasteiger partial charge on any atom is -0.493 e. The van der Waals surface area contributed by atoms with E-state index in [9.17, 15) is 14.9 Å². The highest BCUT2D eigenvalue weighted by Gasteiger charge is 2.27. The lowest BCUT2D eigenvalue weighted by molar-refractivity contribution is -0.384. The fraction of sp³-hybridized carbons (Fsp3) is 0.350. The highest BCUT2D eigenvalue weighted by atomic mass is 16.6. The molecule has 0 saturated carbocycles. The van der Waals surface area contributed by atoms with Gasteiger partial charge in [0.15, 0.2) is 0 Å². The number of para-hydroxylation sites is 1. The number of hydrogen-bond donors (Lipinski definition) is 1. The van der Waals surface area contributed by atoms with Crippen molar-refractivity contribution < 1.29 is 19.2 Å². The van der Waals surface area contributed by atoms with Crippen LogP contribution in [0.3, 0.4) is 0 Å². The molecular weight excluding hydrogens is 362 g/mol. The number of nitrogens with zero attached hydrogens (tertiary/aromatic N) is 2. The first-order valence-corrected chi connectivity index (χ1v) is 9.27. The van der Waals surface area contributed by atoms with Gasteiger partial charge in [-0.2, -0.15) is 0 Å². The number of fused-ring (bicyclic) bond motifs is 1. The van der Waals surface area contributed by atoms with Crippen molar-refractivity contribution in [2.45, 2.75) is 12.5 Å². The molecule has 0 radical (unpaired) electrons. The van der Waals surface area contributed by atoms with Gasteiger partial charge in [0.05, 0.1) is 42.0 Å². The number of carbonyl (C=O) groups is 1. The van der Waals surface area contributed by atoms with Gasteiger partial charge in [0, 0.05) is 37.2 Å². The molecule has 0 bridgehead atoms. The van der Waals surface area contributed by atoms with E-state index in [4.69, 9.17) is 9.47 Å². The van der Waals surface area contributed by atoms with Crippen molar-refractivity contribution in [2.75, 3.05) is 37.8 Å². The van der Waals surface area contributed by atoms with Gasteiger partial charge in [0.2, 0.25) is 0 Å². The summed E-state index contributed by atoms with van der Waals surface area (Å²) in [6.45, 7) is 2.90. The molecule has 1 saturated heterocycles. The van der Waals surface area contributed by atoms with Gasteiger partial charge >= 0.3 is 0 Å². The molecule has 0 aliphatic carbocycles. The Hall–Kier alpha value is -3.13. The minimum absolute atomic E-state index is 0.102. The third-order valence-electron chi connectivity index (χ3n) is 5.05. The van der Waals surface area contributed by atoms with E-state index in [0.29, 0.717) is 50.6 Å². The zero-order valence-electron chi connectivity index (χ0n) is 15.3. The number of carbonyl (C=O) groups excluding carboxylic acids is 1. The molecule has 8 nitrogen and oxygen atoms in total. The van der Waals surface area contributed by atoms with Crippen molar-refractivity contribution in [3.8, 4) is 5.75 Å². The van der Waals surface area contributed by atoms with Gasteiger partial charge in [-0.3, -0.25) is 14.9 Å². The van der Waals surface area contributed by atoms with Crippen molar-refractivity contribution in [1.29, 1.82) is 0 Å². The van der Waals surface area contributed by atoms with E-state index in [1.165, 1.54) is 12.1 Å². The third kappa shape index (κ3) is 3.63. The quantitative estimate of drug-likeness (QED) is 0.644. The number of hydrogen-bond acceptors (Lipinski definition) is 6. The lowest BCUT2D eigenvalue weighted by Gasteiger charge is -2.31. The molecular formula is C20H21N3O5. The van der Waals surface area contributed by atoms with Gasteiger partial charge in [0.1, 0.15) is 5.75 Å². The van der Waals surface area contributed by atoms with Crippen LogP contribution in [0.1, 0.15) is 28.4 Å². The summed E-state index contributed by atoms with van der Waals surface area (Å²) in [5.74, 6) is 0.429. The number of nitro benzene ring substituents is 1. The highest BCUT2D eigenvalue weighted by molar-refractivity contribution is 6.00. The summed E-state index contributed by atoms with van der Waals surface area (Å²) in [6, 6.07) is 11.8. The molecule has 146 valence electrons. The van der Waals surface area contributed by atoms with Gasteiger partial charge in [-0.1, -0.05) is 18.2 Å². The second-order valence-corrected chi connectivity index (χ2v) is 6.76. The van der Waals surface area contributed by atoms with Crippen LogP contribution in [0.4, 0.5) is 11.4 Å². The molecule has 8 heteroatoms. The first kappa shape index (κ1) is 18.2. The van der Waals surface area contributed by atoms with Crippen LogP contribution in [0, 0.1) is 10.1 Å². The van der Waals surface area contributed by atoms with Gasteiger partial charge in [-0.25, -0.2) is 0 Å². The predicted octanol–water partition coefficient (Wildman–Crippen LogP) is 2.69. The van der Waals surface area contributed by atoms with Crippen molar-refractivity contribution in [3.05, 3.63) is 63.7 Å². The molecule has 28 heavy (non-hydrogen) atoms. The van der Waals surface area contributed by atoms with Gasteiger partial charge in [-0.05, 0) is 12.1 Å². The molecule has 2 heterocycles. The van der Waals surface area contributed by atoms with Crippen LogP contribution in [0.2, 0.25) is 0 Å². The topological polar surface area (TPSA) is 93.9 Å². The van der Waals surface area contributed by atoms with Crippen molar-refractivity contribution >= 4 is 17.3 Å². The molecule has 4 rings (SSSR count). The monoisotopic (exact) mass is 383 g/mol. The lowest BCUT2D eigenvalue weighted by Crippen LogP contribution is -2.38. The van der Waals surface area contributed by atoms with Crippen LogP contribution < -0.4 is 15.0 Å². The molecule has 0 unspecified atom stereocenters. The standard InChI is InChI=1S/C20H21N3O5/c24-20(21-17-7-10-28-19-4-2-1-3-15(17)19)16-13-14(23(25)26)5-6-18(16)22-8-11-27-12-9-22/h1-6,13,17H,7-12H2,(H,21,24)/t17-/m1/s1. The SMILES string of the molecule is O=C(N[C@@H]1CCOc2ccccc21)c1cc([N+](=O)[O-])ccc1N1CCOCC1. The second-order valence-electron chi connectivity index (χ2n) is 6.76. The molecule has 0 aromatic heterocycles. The van der Waals surface area contributed by atoms with Crippen LogP contribution >= 0.6 is 0 Å². The minimum atomic E-state index is -0.483. The number of benzene rings is 2. The first-order chi connectivity index (χ1) is 13.6. The summed E-state index contributed by atoms with van der Waals surface area (Å²) < 4.78 is 11.0. The Morgan fingerprint density at radius 3 is 2.71 bits per heavy atom. The van der Waals surface area contributed by atoms with Crippen LogP contribution in [-0.4, -0.2) is 43.7 Å². The highest BCUT2D eigenvalue weighted by Crippen LogP contribution is 2.33. The Kier molecular flexibility index (Phi) is 5.12. The maximum absolute atomic E-state index is 13.1. The molecule has 1 N–H and O–H groups in total. The second kappa shape index (κ2) is 7.85. The van der Waals surface area contributed by atoms with Crippen molar-refractivity contribution in [3.63, 3.8) is 0 Å². The fourth-order valence-corrected chi connectivity index (χ4v) is 3.63. The molecule has 0 spiro atoms. The van der Waals surface area contributed by atoms with Crippen molar-refractivity contribution in [1.82, 2.24) is 5.32 Å². The summed E-state index contributed by atoms with van der Waals surface area (Å²) >= 11 is 0. The van der Waals surface area contributed by atoms with E-state index in [-0.39, 0.29) is 17.6 Å². The Bertz CT molecular complexity index is 895.